The van der Waals surface area contributed by atoms with E-state index in [1.165, 1.54) is 25.5 Å². The van der Waals surface area contributed by atoms with Gasteiger partial charge in [-0.3, -0.25) is 9.59 Å². The number of amides is 2. The Bertz CT molecular complexity index is 913. The Kier molecular flexibility index (Phi) is 7.17. The number of rotatable bonds is 7. The van der Waals surface area contributed by atoms with Crippen LogP contribution in [-0.4, -0.2) is 45.7 Å². The number of fused-ring (bicyclic) bond motifs is 1. The van der Waals surface area contributed by atoms with Crippen molar-refractivity contribution in [3.8, 4) is 11.5 Å². The minimum Gasteiger partial charge on any atom is -0.493 e. The predicted molar refractivity (Wildman–Crippen MR) is 118 cm³/mol. The second-order valence-electron chi connectivity index (χ2n) is 7.18. The fourth-order valence-corrected chi connectivity index (χ4v) is 3.71. The van der Waals surface area contributed by atoms with Crippen LogP contribution in [0.25, 0.3) is 0 Å². The summed E-state index contributed by atoms with van der Waals surface area (Å²) in [5.41, 5.74) is 4.29. The molecule has 1 heterocycles. The molecule has 0 saturated carbocycles. The molecular weight excluding hydrogens is 382 g/mol. The summed E-state index contributed by atoms with van der Waals surface area (Å²) >= 11 is 0. The van der Waals surface area contributed by atoms with Gasteiger partial charge >= 0.3 is 11.8 Å². The van der Waals surface area contributed by atoms with Gasteiger partial charge in [0.1, 0.15) is 0 Å². The van der Waals surface area contributed by atoms with Crippen LogP contribution in [-0.2, 0) is 22.4 Å². The lowest BCUT2D eigenvalue weighted by molar-refractivity contribution is -0.136. The molecule has 0 atom stereocenters. The molecule has 0 spiro atoms. The van der Waals surface area contributed by atoms with Gasteiger partial charge in [-0.25, -0.2) is 0 Å². The second-order valence-corrected chi connectivity index (χ2v) is 7.18. The van der Waals surface area contributed by atoms with E-state index in [9.17, 15) is 9.59 Å². The molecule has 1 aliphatic heterocycles. The van der Waals surface area contributed by atoms with Crippen LogP contribution >= 0.6 is 0 Å². The van der Waals surface area contributed by atoms with Gasteiger partial charge in [-0.15, -0.1) is 0 Å². The number of carbonyl (C=O) groups is 2. The van der Waals surface area contributed by atoms with Gasteiger partial charge < -0.3 is 25.0 Å². The molecular formula is C23H29N3O4. The number of benzene rings is 2. The summed E-state index contributed by atoms with van der Waals surface area (Å²) in [4.78, 5) is 26.7. The third kappa shape index (κ3) is 5.03. The molecule has 0 fully saturated rings. The monoisotopic (exact) mass is 411 g/mol. The molecule has 0 unspecified atom stereocenters. The molecule has 0 aliphatic carbocycles. The van der Waals surface area contributed by atoms with Crippen molar-refractivity contribution in [1.82, 2.24) is 5.32 Å². The zero-order valence-electron chi connectivity index (χ0n) is 17.8. The lowest BCUT2D eigenvalue weighted by Gasteiger charge is -2.30. The Hall–Kier alpha value is -3.22. The summed E-state index contributed by atoms with van der Waals surface area (Å²) in [7, 11) is 3.04. The van der Waals surface area contributed by atoms with Crippen molar-refractivity contribution >= 4 is 23.2 Å². The quantitative estimate of drug-likeness (QED) is 0.685. The smallest absolute Gasteiger partial charge is 0.313 e. The lowest BCUT2D eigenvalue weighted by atomic mass is 9.98. The number of nitrogens with one attached hydrogen (secondary N) is 2. The van der Waals surface area contributed by atoms with Crippen LogP contribution < -0.4 is 25.0 Å². The van der Waals surface area contributed by atoms with Gasteiger partial charge in [0.25, 0.3) is 0 Å². The Morgan fingerprint density at radius 2 is 1.83 bits per heavy atom. The molecule has 1 aliphatic rings. The molecule has 0 saturated heterocycles. The van der Waals surface area contributed by atoms with Crippen LogP contribution in [0.4, 0.5) is 11.4 Å². The van der Waals surface area contributed by atoms with Gasteiger partial charge in [-0.2, -0.15) is 0 Å². The van der Waals surface area contributed by atoms with Crippen LogP contribution in [0.5, 0.6) is 11.5 Å². The topological polar surface area (TPSA) is 79.9 Å². The average Bonchev–Trinajstić information content (AvgIpc) is 2.78. The summed E-state index contributed by atoms with van der Waals surface area (Å²) < 4.78 is 10.4. The van der Waals surface area contributed by atoms with Gasteiger partial charge in [-0.05, 0) is 55.5 Å². The zero-order chi connectivity index (χ0) is 21.5. The Morgan fingerprint density at radius 3 is 2.57 bits per heavy atom. The first-order chi connectivity index (χ1) is 14.5. The number of methoxy groups -OCH3 is 2. The molecule has 0 bridgehead atoms. The summed E-state index contributed by atoms with van der Waals surface area (Å²) in [6, 6.07) is 11.4. The zero-order valence-corrected chi connectivity index (χ0v) is 17.8. The maximum atomic E-state index is 12.2. The third-order valence-corrected chi connectivity index (χ3v) is 5.29. The van der Waals surface area contributed by atoms with Crippen LogP contribution in [0, 0.1) is 0 Å². The van der Waals surface area contributed by atoms with Crippen LogP contribution in [0.15, 0.2) is 36.4 Å². The minimum atomic E-state index is -0.716. The fourth-order valence-electron chi connectivity index (χ4n) is 3.71. The number of anilines is 2. The largest absolute Gasteiger partial charge is 0.493 e. The SMILES string of the molecule is CCN1CCCc2cc(CCNC(=O)C(=O)Nc3ccc(OC)c(OC)c3)ccc21. The molecule has 0 radical (unpaired) electrons. The molecule has 30 heavy (non-hydrogen) atoms. The average molecular weight is 412 g/mol. The van der Waals surface area contributed by atoms with Crippen LogP contribution in [0.1, 0.15) is 24.5 Å². The second kappa shape index (κ2) is 10.0. The maximum absolute atomic E-state index is 12.2. The van der Waals surface area contributed by atoms with E-state index >= 15 is 0 Å². The third-order valence-electron chi connectivity index (χ3n) is 5.29. The van der Waals surface area contributed by atoms with E-state index in [1.807, 2.05) is 0 Å². The number of hydrogen-bond acceptors (Lipinski definition) is 5. The molecule has 0 aromatic heterocycles. The number of nitrogens with zero attached hydrogens (tertiary/aromatic N) is 1. The van der Waals surface area contributed by atoms with Crippen molar-refractivity contribution in [2.45, 2.75) is 26.2 Å². The number of carbonyl (C=O) groups excluding carboxylic acids is 2. The van der Waals surface area contributed by atoms with Crippen molar-refractivity contribution in [2.24, 2.45) is 0 Å². The Balaban J connectivity index is 1.51. The molecule has 2 aromatic carbocycles. The molecule has 7 heteroatoms. The Morgan fingerprint density at radius 1 is 1.03 bits per heavy atom. The number of aryl methyl sites for hydroxylation is 1. The highest BCUT2D eigenvalue weighted by atomic mass is 16.5. The molecule has 7 nitrogen and oxygen atoms in total. The van der Waals surface area contributed by atoms with Crippen molar-refractivity contribution in [1.29, 1.82) is 0 Å². The van der Waals surface area contributed by atoms with Crippen LogP contribution in [0.2, 0.25) is 0 Å². The summed E-state index contributed by atoms with van der Waals surface area (Å²) in [6.07, 6.45) is 2.92. The van der Waals surface area contributed by atoms with Gasteiger partial charge in [0.15, 0.2) is 11.5 Å². The van der Waals surface area contributed by atoms with Gasteiger partial charge in [0.05, 0.1) is 14.2 Å². The normalized spacial score (nSPS) is 12.7. The van der Waals surface area contributed by atoms with Gasteiger partial charge in [-0.1, -0.05) is 12.1 Å². The van der Waals surface area contributed by atoms with Gasteiger partial charge in [0, 0.05) is 37.1 Å². The van der Waals surface area contributed by atoms with E-state index in [0.717, 1.165) is 31.5 Å². The van der Waals surface area contributed by atoms with Crippen molar-refractivity contribution in [2.75, 3.05) is 44.1 Å². The first-order valence-electron chi connectivity index (χ1n) is 10.2. The molecule has 2 N–H and O–H groups in total. The number of hydrogen-bond donors (Lipinski definition) is 2. The van der Waals surface area contributed by atoms with E-state index in [1.54, 1.807) is 18.2 Å². The summed E-state index contributed by atoms with van der Waals surface area (Å²) in [6.45, 7) is 4.69. The molecule has 2 amide bonds. The standard InChI is InChI=1S/C23H29N3O4/c1-4-26-13-5-6-17-14-16(7-9-19(17)26)11-12-24-22(27)23(28)25-18-8-10-20(29-2)21(15-18)30-3/h7-10,14-15H,4-6,11-13H2,1-3H3,(H,24,27)(H,25,28). The highest BCUT2D eigenvalue weighted by Gasteiger charge is 2.17. The minimum absolute atomic E-state index is 0.397. The first-order valence-corrected chi connectivity index (χ1v) is 10.2. The summed E-state index contributed by atoms with van der Waals surface area (Å²) in [5, 5.41) is 5.26. The molecule has 3 rings (SSSR count). The van der Waals surface area contributed by atoms with E-state index < -0.39 is 11.8 Å². The van der Waals surface area contributed by atoms with E-state index in [0.29, 0.717) is 30.2 Å². The molecule has 160 valence electrons. The van der Waals surface area contributed by atoms with Crippen molar-refractivity contribution in [3.05, 3.63) is 47.5 Å². The van der Waals surface area contributed by atoms with Crippen molar-refractivity contribution in [3.63, 3.8) is 0 Å². The van der Waals surface area contributed by atoms with Crippen molar-refractivity contribution < 1.29 is 19.1 Å². The van der Waals surface area contributed by atoms with E-state index in [-0.39, 0.29) is 0 Å². The predicted octanol–water partition coefficient (Wildman–Crippen LogP) is 2.77. The summed E-state index contributed by atoms with van der Waals surface area (Å²) in [5.74, 6) is -0.358. The molecule has 2 aromatic rings. The highest BCUT2D eigenvalue weighted by Crippen LogP contribution is 2.30. The Labute approximate surface area is 177 Å². The maximum Gasteiger partial charge on any atom is 0.313 e. The van der Waals surface area contributed by atoms with E-state index in [4.69, 9.17) is 9.47 Å². The van der Waals surface area contributed by atoms with Crippen LogP contribution in [0.3, 0.4) is 0 Å². The van der Waals surface area contributed by atoms with E-state index in [2.05, 4.69) is 40.7 Å². The lowest BCUT2D eigenvalue weighted by Crippen LogP contribution is -2.36. The first kappa shape index (κ1) is 21.5. The van der Waals surface area contributed by atoms with Gasteiger partial charge in [0.2, 0.25) is 0 Å². The number of ether oxygens (including phenoxy) is 2. The highest BCUT2D eigenvalue weighted by molar-refractivity contribution is 6.39. The fraction of sp³-hybridized carbons (Fsp3) is 0.391.